The Labute approximate surface area is 163 Å². The standard InChI is InChI=1S/C14H17Cl2N5O2S2/c1-20-8-10(7-17-20)21(9-2-4-23-5-3-9)25-19-14(22)18-11-6-12(15)24-13(11)16/h6-9H,2-5H2,1H3,(H2,18,19,22). The van der Waals surface area contributed by atoms with E-state index in [9.17, 15) is 4.79 Å². The molecular formula is C14H17Cl2N5O2S2. The lowest BCUT2D eigenvalue weighted by molar-refractivity contribution is 0.0879. The van der Waals surface area contributed by atoms with E-state index in [2.05, 4.69) is 19.4 Å². The smallest absolute Gasteiger partial charge is 0.330 e. The normalized spacial score (nSPS) is 15.2. The third-order valence-electron chi connectivity index (χ3n) is 3.61. The van der Waals surface area contributed by atoms with Crippen LogP contribution >= 0.6 is 46.7 Å². The molecule has 0 atom stereocenters. The molecule has 7 nitrogen and oxygen atoms in total. The average Bonchev–Trinajstić information content (AvgIpc) is 3.14. The van der Waals surface area contributed by atoms with Crippen molar-refractivity contribution >= 4 is 64.1 Å². The summed E-state index contributed by atoms with van der Waals surface area (Å²) >= 11 is 14.3. The van der Waals surface area contributed by atoms with Gasteiger partial charge in [0.2, 0.25) is 0 Å². The summed E-state index contributed by atoms with van der Waals surface area (Å²) in [6.45, 7) is 1.41. The highest BCUT2D eigenvalue weighted by atomic mass is 35.5. The van der Waals surface area contributed by atoms with E-state index < -0.39 is 0 Å². The molecule has 1 fully saturated rings. The first-order valence-electron chi connectivity index (χ1n) is 7.57. The molecule has 11 heteroatoms. The minimum atomic E-state index is -0.373. The van der Waals surface area contributed by atoms with Crippen LogP contribution in [0.25, 0.3) is 0 Å². The van der Waals surface area contributed by atoms with Crippen molar-refractivity contribution in [2.75, 3.05) is 22.8 Å². The van der Waals surface area contributed by atoms with Crippen molar-refractivity contribution in [2.45, 2.75) is 18.9 Å². The number of carbonyl (C=O) groups excluding carboxylic acids is 1. The molecule has 0 radical (unpaired) electrons. The van der Waals surface area contributed by atoms with Gasteiger partial charge in [0, 0.05) is 32.5 Å². The van der Waals surface area contributed by atoms with Gasteiger partial charge in [-0.2, -0.15) is 5.10 Å². The topological polar surface area (TPSA) is 71.4 Å². The van der Waals surface area contributed by atoms with Crippen LogP contribution in [0.2, 0.25) is 8.67 Å². The molecule has 2 amide bonds. The number of halogens is 2. The lowest BCUT2D eigenvalue weighted by atomic mass is 10.1. The van der Waals surface area contributed by atoms with Crippen LogP contribution in [0.3, 0.4) is 0 Å². The summed E-state index contributed by atoms with van der Waals surface area (Å²) in [6, 6.07) is 1.50. The van der Waals surface area contributed by atoms with Gasteiger partial charge in [-0.05, 0) is 18.9 Å². The van der Waals surface area contributed by atoms with Crippen molar-refractivity contribution in [3.05, 3.63) is 27.1 Å². The van der Waals surface area contributed by atoms with Crippen LogP contribution in [0, 0.1) is 0 Å². The molecule has 25 heavy (non-hydrogen) atoms. The van der Waals surface area contributed by atoms with Crippen LogP contribution in [0.1, 0.15) is 12.8 Å². The highest BCUT2D eigenvalue weighted by Gasteiger charge is 2.24. The second-order valence-corrected chi connectivity index (χ2v) is 8.49. The number of carbonyl (C=O) groups is 1. The number of nitrogens with zero attached hydrogens (tertiary/aromatic N) is 3. The monoisotopic (exact) mass is 421 g/mol. The summed E-state index contributed by atoms with van der Waals surface area (Å²) in [5.74, 6) is 0. The molecule has 1 aliphatic heterocycles. The molecule has 0 bridgehead atoms. The number of amides is 2. The van der Waals surface area contributed by atoms with E-state index in [0.29, 0.717) is 27.6 Å². The van der Waals surface area contributed by atoms with Crippen LogP contribution in [0.15, 0.2) is 18.5 Å². The van der Waals surface area contributed by atoms with Gasteiger partial charge in [-0.15, -0.1) is 11.3 Å². The number of ether oxygens (including phenoxy) is 1. The first kappa shape index (κ1) is 18.7. The van der Waals surface area contributed by atoms with Crippen LogP contribution in [0.5, 0.6) is 0 Å². The van der Waals surface area contributed by atoms with Crippen LogP contribution in [-0.2, 0) is 11.8 Å². The minimum absolute atomic E-state index is 0.252. The fourth-order valence-corrected chi connectivity index (χ4v) is 4.61. The predicted molar refractivity (Wildman–Crippen MR) is 104 cm³/mol. The maximum Gasteiger partial charge on any atom is 0.330 e. The number of anilines is 2. The van der Waals surface area contributed by atoms with E-state index >= 15 is 0 Å². The van der Waals surface area contributed by atoms with Crippen molar-refractivity contribution < 1.29 is 9.53 Å². The largest absolute Gasteiger partial charge is 0.381 e. The summed E-state index contributed by atoms with van der Waals surface area (Å²) in [7, 11) is 1.86. The third kappa shape index (κ3) is 4.95. The number of hydrogen-bond acceptors (Lipinski definition) is 6. The van der Waals surface area contributed by atoms with E-state index in [1.54, 1.807) is 16.9 Å². The van der Waals surface area contributed by atoms with Gasteiger partial charge in [0.05, 0.1) is 34.0 Å². The second-order valence-electron chi connectivity index (χ2n) is 5.43. The molecule has 136 valence electrons. The Balaban J connectivity index is 1.63. The fourth-order valence-electron chi connectivity index (χ4n) is 2.44. The Morgan fingerprint density at radius 1 is 1.48 bits per heavy atom. The van der Waals surface area contributed by atoms with Crippen LogP contribution in [-0.4, -0.2) is 35.1 Å². The van der Waals surface area contributed by atoms with E-state index in [-0.39, 0.29) is 12.1 Å². The van der Waals surface area contributed by atoms with Gasteiger partial charge >= 0.3 is 6.03 Å². The quantitative estimate of drug-likeness (QED) is 0.709. The predicted octanol–water partition coefficient (Wildman–Crippen LogP) is 4.16. The Morgan fingerprint density at radius 3 is 2.84 bits per heavy atom. The molecule has 1 aliphatic rings. The van der Waals surface area contributed by atoms with E-state index in [1.165, 1.54) is 23.5 Å². The molecule has 0 unspecified atom stereocenters. The van der Waals surface area contributed by atoms with E-state index in [1.807, 2.05) is 13.2 Å². The zero-order valence-electron chi connectivity index (χ0n) is 13.4. The zero-order valence-corrected chi connectivity index (χ0v) is 16.5. The second kappa shape index (κ2) is 8.50. The maximum atomic E-state index is 12.2. The van der Waals surface area contributed by atoms with Crippen molar-refractivity contribution in [3.8, 4) is 0 Å². The van der Waals surface area contributed by atoms with Crippen molar-refractivity contribution in [1.82, 2.24) is 14.5 Å². The van der Waals surface area contributed by atoms with Gasteiger partial charge in [0.25, 0.3) is 0 Å². The number of hydrogen-bond donors (Lipinski definition) is 2. The molecular weight excluding hydrogens is 405 g/mol. The van der Waals surface area contributed by atoms with Crippen molar-refractivity contribution in [3.63, 3.8) is 0 Å². The average molecular weight is 422 g/mol. The van der Waals surface area contributed by atoms with Crippen LogP contribution in [0.4, 0.5) is 16.2 Å². The van der Waals surface area contributed by atoms with Crippen LogP contribution < -0.4 is 14.3 Å². The van der Waals surface area contributed by atoms with Crippen molar-refractivity contribution in [1.29, 1.82) is 0 Å². The molecule has 0 aliphatic carbocycles. The van der Waals surface area contributed by atoms with Crippen molar-refractivity contribution in [2.24, 2.45) is 7.05 Å². The first-order valence-corrected chi connectivity index (χ1v) is 9.92. The Kier molecular flexibility index (Phi) is 6.34. The van der Waals surface area contributed by atoms with Gasteiger partial charge < -0.3 is 10.1 Å². The molecule has 0 spiro atoms. The summed E-state index contributed by atoms with van der Waals surface area (Å²) in [5.41, 5.74) is 1.42. The molecule has 2 N–H and O–H groups in total. The van der Waals surface area contributed by atoms with Gasteiger partial charge in [-0.1, -0.05) is 23.2 Å². The van der Waals surface area contributed by atoms with E-state index in [0.717, 1.165) is 18.5 Å². The Morgan fingerprint density at radius 2 is 2.24 bits per heavy atom. The molecule has 1 saturated heterocycles. The molecule has 3 heterocycles. The molecule has 0 aromatic carbocycles. The van der Waals surface area contributed by atoms with Gasteiger partial charge in [0.1, 0.15) is 4.34 Å². The molecule has 0 saturated carbocycles. The first-order chi connectivity index (χ1) is 12.0. The highest BCUT2D eigenvalue weighted by molar-refractivity contribution is 7.99. The number of rotatable bonds is 5. The fraction of sp³-hybridized carbons (Fsp3) is 0.429. The SMILES string of the molecule is Cn1cc(N(SNC(=O)Nc2cc(Cl)sc2Cl)C2CCOCC2)cn1. The zero-order chi connectivity index (χ0) is 17.8. The molecule has 3 rings (SSSR count). The third-order valence-corrected chi connectivity index (χ3v) is 6.08. The number of nitrogens with one attached hydrogen (secondary N) is 2. The maximum absolute atomic E-state index is 12.2. The number of aryl methyl sites for hydroxylation is 1. The molecule has 2 aromatic heterocycles. The number of thiophene rings is 1. The summed E-state index contributed by atoms with van der Waals surface area (Å²) in [5, 5.41) is 6.91. The van der Waals surface area contributed by atoms with Gasteiger partial charge in [0.15, 0.2) is 0 Å². The Bertz CT molecular complexity index is 733. The Hall–Kier alpha value is -1.13. The lowest BCUT2D eigenvalue weighted by Gasteiger charge is -2.33. The molecule has 2 aromatic rings. The lowest BCUT2D eigenvalue weighted by Crippen LogP contribution is -2.38. The summed E-state index contributed by atoms with van der Waals surface area (Å²) in [6.07, 6.45) is 5.46. The number of urea groups is 1. The van der Waals surface area contributed by atoms with Gasteiger partial charge in [-0.3, -0.25) is 13.7 Å². The highest BCUT2D eigenvalue weighted by Crippen LogP contribution is 2.35. The van der Waals surface area contributed by atoms with Gasteiger partial charge in [-0.25, -0.2) is 4.79 Å². The summed E-state index contributed by atoms with van der Waals surface area (Å²) in [4.78, 5) is 12.2. The minimum Gasteiger partial charge on any atom is -0.381 e. The number of aromatic nitrogens is 2. The summed E-state index contributed by atoms with van der Waals surface area (Å²) < 4.78 is 13.0. The van der Waals surface area contributed by atoms with E-state index in [4.69, 9.17) is 27.9 Å².